The Hall–Kier alpha value is -0.0800. The highest BCUT2D eigenvalue weighted by Crippen LogP contribution is 2.61. The molecule has 15 heavy (non-hydrogen) atoms. The summed E-state index contributed by atoms with van der Waals surface area (Å²) >= 11 is 0. The van der Waals surface area contributed by atoms with E-state index in [0.29, 0.717) is 17.8 Å². The molecule has 2 heteroatoms. The van der Waals surface area contributed by atoms with Crippen LogP contribution in [0.4, 0.5) is 0 Å². The summed E-state index contributed by atoms with van der Waals surface area (Å²) in [6.45, 7) is 4.41. The van der Waals surface area contributed by atoms with Gasteiger partial charge in [-0.25, -0.2) is 4.89 Å². The van der Waals surface area contributed by atoms with Gasteiger partial charge in [0.25, 0.3) is 0 Å². The molecular weight excluding hydrogens is 188 g/mol. The van der Waals surface area contributed by atoms with Gasteiger partial charge in [0, 0.05) is 0 Å². The van der Waals surface area contributed by atoms with Crippen LogP contribution in [0.2, 0.25) is 0 Å². The summed E-state index contributed by atoms with van der Waals surface area (Å²) in [5.41, 5.74) is -0.201. The Bertz CT molecular complexity index is 231. The molecule has 0 amide bonds. The van der Waals surface area contributed by atoms with E-state index in [-0.39, 0.29) is 5.60 Å². The van der Waals surface area contributed by atoms with Gasteiger partial charge in [-0.15, -0.1) is 0 Å². The van der Waals surface area contributed by atoms with Crippen LogP contribution in [0, 0.1) is 29.6 Å². The fraction of sp³-hybridized carbons (Fsp3) is 1.00. The fourth-order valence-electron chi connectivity index (χ4n) is 5.12. The van der Waals surface area contributed by atoms with Crippen LogP contribution < -0.4 is 0 Å². The molecule has 4 saturated carbocycles. The van der Waals surface area contributed by atoms with Crippen molar-refractivity contribution >= 4 is 0 Å². The molecule has 86 valence electrons. The van der Waals surface area contributed by atoms with Crippen molar-refractivity contribution in [3.8, 4) is 0 Å². The summed E-state index contributed by atoms with van der Waals surface area (Å²) in [7, 11) is 0. The molecule has 0 aromatic heterocycles. The largest absolute Gasteiger partial charge is 0.251 e. The highest BCUT2D eigenvalue weighted by atomic mass is 17.1. The van der Waals surface area contributed by atoms with Gasteiger partial charge in [0.05, 0.1) is 0 Å². The van der Waals surface area contributed by atoms with Gasteiger partial charge < -0.3 is 0 Å². The van der Waals surface area contributed by atoms with E-state index in [1.807, 2.05) is 0 Å². The van der Waals surface area contributed by atoms with E-state index in [2.05, 4.69) is 13.8 Å². The lowest BCUT2D eigenvalue weighted by Crippen LogP contribution is -2.61. The first-order valence-electron chi connectivity index (χ1n) is 6.49. The Kier molecular flexibility index (Phi) is 2.16. The lowest BCUT2D eigenvalue weighted by molar-refractivity contribution is -0.388. The van der Waals surface area contributed by atoms with Gasteiger partial charge in [0.2, 0.25) is 0 Å². The van der Waals surface area contributed by atoms with E-state index in [0.717, 1.165) is 11.8 Å². The summed E-state index contributed by atoms with van der Waals surface area (Å²) in [6.07, 6.45) is 6.64. The minimum Gasteiger partial charge on any atom is -0.251 e. The smallest absolute Gasteiger partial charge is 0.111 e. The molecule has 0 saturated heterocycles. The maximum absolute atomic E-state index is 9.42. The number of hydrogen-bond donors (Lipinski definition) is 1. The molecule has 0 unspecified atom stereocenters. The summed E-state index contributed by atoms with van der Waals surface area (Å²) in [5, 5.41) is 9.42. The third-order valence-corrected chi connectivity index (χ3v) is 5.47. The summed E-state index contributed by atoms with van der Waals surface area (Å²) < 4.78 is 0. The second kappa shape index (κ2) is 3.21. The van der Waals surface area contributed by atoms with Crippen LogP contribution in [-0.4, -0.2) is 10.9 Å². The molecule has 0 spiro atoms. The van der Waals surface area contributed by atoms with E-state index in [9.17, 15) is 5.26 Å². The zero-order chi connectivity index (χ0) is 10.6. The molecule has 2 nitrogen and oxygen atoms in total. The van der Waals surface area contributed by atoms with Gasteiger partial charge >= 0.3 is 0 Å². The average Bonchev–Trinajstić information content (AvgIpc) is 2.16. The van der Waals surface area contributed by atoms with Crippen LogP contribution >= 0.6 is 0 Å². The Balaban J connectivity index is 1.96. The van der Waals surface area contributed by atoms with E-state index in [1.54, 1.807) is 0 Å². The van der Waals surface area contributed by atoms with Gasteiger partial charge in [-0.2, -0.15) is 0 Å². The van der Waals surface area contributed by atoms with Gasteiger partial charge in [-0.3, -0.25) is 5.26 Å². The van der Waals surface area contributed by atoms with Crippen LogP contribution in [0.25, 0.3) is 0 Å². The van der Waals surface area contributed by atoms with Gasteiger partial charge in [0.15, 0.2) is 0 Å². The summed E-state index contributed by atoms with van der Waals surface area (Å²) in [5.74, 6) is 3.57. The molecule has 0 radical (unpaired) electrons. The standard InChI is InChI=1S/C13H22O2/c1-8(2)13(15-14)11-4-9-3-10(6-11)7-12(13)5-9/h8-12,14H,3-7H2,1-2H3. The Morgan fingerprint density at radius 1 is 1.00 bits per heavy atom. The van der Waals surface area contributed by atoms with E-state index in [1.165, 1.54) is 32.1 Å². The van der Waals surface area contributed by atoms with Crippen molar-refractivity contribution in [2.45, 2.75) is 51.6 Å². The first-order chi connectivity index (χ1) is 7.16. The van der Waals surface area contributed by atoms with Crippen molar-refractivity contribution in [3.05, 3.63) is 0 Å². The van der Waals surface area contributed by atoms with Gasteiger partial charge in [-0.05, 0) is 61.7 Å². The predicted octanol–water partition coefficient (Wildman–Crippen LogP) is 3.33. The van der Waals surface area contributed by atoms with Gasteiger partial charge in [-0.1, -0.05) is 13.8 Å². The summed E-state index contributed by atoms with van der Waals surface area (Å²) in [6, 6.07) is 0. The van der Waals surface area contributed by atoms with E-state index < -0.39 is 0 Å². The first-order valence-corrected chi connectivity index (χ1v) is 6.49. The molecular formula is C13H22O2. The Labute approximate surface area is 91.9 Å². The molecule has 0 atom stereocenters. The van der Waals surface area contributed by atoms with Crippen LogP contribution in [-0.2, 0) is 4.89 Å². The zero-order valence-corrected chi connectivity index (χ0v) is 9.78. The van der Waals surface area contributed by atoms with Crippen LogP contribution in [0.1, 0.15) is 46.0 Å². The first kappa shape index (κ1) is 10.1. The topological polar surface area (TPSA) is 29.5 Å². The third kappa shape index (κ3) is 1.18. The minimum atomic E-state index is -0.201. The fourth-order valence-corrected chi connectivity index (χ4v) is 5.12. The van der Waals surface area contributed by atoms with Crippen molar-refractivity contribution < 1.29 is 10.1 Å². The second-order valence-electron chi connectivity index (χ2n) is 6.40. The van der Waals surface area contributed by atoms with E-state index in [4.69, 9.17) is 4.89 Å². The average molecular weight is 210 g/mol. The highest BCUT2D eigenvalue weighted by Gasteiger charge is 2.59. The van der Waals surface area contributed by atoms with Crippen molar-refractivity contribution in [2.75, 3.05) is 0 Å². The molecule has 0 heterocycles. The molecule has 4 fully saturated rings. The van der Waals surface area contributed by atoms with E-state index >= 15 is 0 Å². The Morgan fingerprint density at radius 3 is 1.80 bits per heavy atom. The lowest BCUT2D eigenvalue weighted by atomic mass is 9.47. The molecule has 0 aliphatic heterocycles. The molecule has 4 bridgehead atoms. The third-order valence-electron chi connectivity index (χ3n) is 5.47. The van der Waals surface area contributed by atoms with Crippen molar-refractivity contribution in [2.24, 2.45) is 29.6 Å². The molecule has 4 rings (SSSR count). The lowest BCUT2D eigenvalue weighted by Gasteiger charge is -2.60. The summed E-state index contributed by atoms with van der Waals surface area (Å²) in [4.78, 5) is 5.08. The highest BCUT2D eigenvalue weighted by molar-refractivity contribution is 5.08. The maximum Gasteiger partial charge on any atom is 0.111 e. The maximum atomic E-state index is 9.42. The predicted molar refractivity (Wildman–Crippen MR) is 58.3 cm³/mol. The van der Waals surface area contributed by atoms with Crippen LogP contribution in [0.3, 0.4) is 0 Å². The van der Waals surface area contributed by atoms with Crippen LogP contribution in [0.5, 0.6) is 0 Å². The zero-order valence-electron chi connectivity index (χ0n) is 9.78. The monoisotopic (exact) mass is 210 g/mol. The molecule has 4 aliphatic carbocycles. The SMILES string of the molecule is CC(C)C1(OO)C2CC3CC(C2)CC1C3. The molecule has 0 aromatic carbocycles. The molecule has 0 aromatic rings. The normalized spacial score (nSPS) is 52.8. The molecule has 1 N–H and O–H groups in total. The van der Waals surface area contributed by atoms with Crippen LogP contribution in [0.15, 0.2) is 0 Å². The van der Waals surface area contributed by atoms with Crippen molar-refractivity contribution in [3.63, 3.8) is 0 Å². The van der Waals surface area contributed by atoms with Crippen molar-refractivity contribution in [1.29, 1.82) is 0 Å². The quantitative estimate of drug-likeness (QED) is 0.559. The molecule has 4 aliphatic rings. The number of hydrogen-bond acceptors (Lipinski definition) is 2. The minimum absolute atomic E-state index is 0.201. The Morgan fingerprint density at radius 2 is 1.47 bits per heavy atom. The second-order valence-corrected chi connectivity index (χ2v) is 6.40. The number of rotatable bonds is 2. The van der Waals surface area contributed by atoms with Gasteiger partial charge in [0.1, 0.15) is 5.60 Å². The van der Waals surface area contributed by atoms with Crippen molar-refractivity contribution in [1.82, 2.24) is 0 Å².